The monoisotopic (exact) mass is 298 g/mol. The third kappa shape index (κ3) is 2.51. The van der Waals surface area contributed by atoms with Gasteiger partial charge in [0.2, 0.25) is 11.2 Å². The molecule has 5 heteroatoms. The van der Waals surface area contributed by atoms with Crippen LogP contribution in [0.15, 0.2) is 63.8 Å². The molecule has 0 radical (unpaired) electrons. The van der Waals surface area contributed by atoms with E-state index >= 15 is 0 Å². The van der Waals surface area contributed by atoms with Crippen LogP contribution in [0.25, 0.3) is 22.3 Å². The first-order valence-corrected chi connectivity index (χ1v) is 6.59. The van der Waals surface area contributed by atoms with Gasteiger partial charge in [0, 0.05) is 17.8 Å². The largest absolute Gasteiger partial charge is 0.472 e. The van der Waals surface area contributed by atoms with Crippen LogP contribution in [0.4, 0.5) is 0 Å². The van der Waals surface area contributed by atoms with Gasteiger partial charge in [0.1, 0.15) is 5.58 Å². The molecule has 3 rings (SSSR count). The molecule has 0 unspecified atom stereocenters. The topological polar surface area (TPSA) is 59.7 Å². The molecule has 0 saturated carbocycles. The Balaban J connectivity index is 2.36. The molecular weight excluding hydrogens is 288 g/mol. The summed E-state index contributed by atoms with van der Waals surface area (Å²) < 4.78 is 10.8. The first-order chi connectivity index (χ1) is 10.2. The molecule has 0 saturated heterocycles. The highest BCUT2D eigenvalue weighted by Crippen LogP contribution is 2.30. The van der Waals surface area contributed by atoms with E-state index in [-0.39, 0.29) is 16.9 Å². The van der Waals surface area contributed by atoms with Gasteiger partial charge in [0.25, 0.3) is 0 Å². The number of hydrogen-bond acceptors (Lipinski definition) is 4. The zero-order valence-corrected chi connectivity index (χ0v) is 11.6. The van der Waals surface area contributed by atoms with Crippen molar-refractivity contribution in [2.45, 2.75) is 0 Å². The number of fused-ring (bicyclic) bond motifs is 1. The third-order valence-corrected chi connectivity index (χ3v) is 3.06. The van der Waals surface area contributed by atoms with Crippen LogP contribution in [0, 0.1) is 0 Å². The second-order valence-corrected chi connectivity index (χ2v) is 4.67. The van der Waals surface area contributed by atoms with Gasteiger partial charge in [-0.15, -0.1) is 0 Å². The van der Waals surface area contributed by atoms with Crippen LogP contribution >= 0.6 is 12.2 Å². The minimum Gasteiger partial charge on any atom is -0.472 e. The van der Waals surface area contributed by atoms with E-state index in [0.717, 1.165) is 0 Å². The third-order valence-electron chi connectivity index (χ3n) is 2.98. The van der Waals surface area contributed by atoms with Crippen molar-refractivity contribution >= 4 is 28.4 Å². The molecule has 0 atom stereocenters. The zero-order valence-electron chi connectivity index (χ0n) is 10.8. The van der Waals surface area contributed by atoms with Crippen LogP contribution in [0.2, 0.25) is 0 Å². The molecule has 4 nitrogen and oxygen atoms in total. The van der Waals surface area contributed by atoms with E-state index in [1.807, 2.05) is 18.2 Å². The number of hydrogen-bond donors (Lipinski definition) is 1. The number of ether oxygens (including phenoxy) is 1. The van der Waals surface area contributed by atoms with Gasteiger partial charge >= 0.3 is 5.24 Å². The number of aliphatic hydroxyl groups is 1. The lowest BCUT2D eigenvalue weighted by molar-refractivity contribution is 0.386. The summed E-state index contributed by atoms with van der Waals surface area (Å²) >= 11 is 4.52. The first-order valence-electron chi connectivity index (χ1n) is 6.19. The lowest BCUT2D eigenvalue weighted by Crippen LogP contribution is -2.13. The van der Waals surface area contributed by atoms with Crippen molar-refractivity contribution < 1.29 is 14.3 Å². The predicted molar refractivity (Wildman–Crippen MR) is 83.8 cm³/mol. The summed E-state index contributed by atoms with van der Waals surface area (Å²) in [5.74, 6) is 0.114. The van der Waals surface area contributed by atoms with Crippen molar-refractivity contribution in [3.8, 4) is 17.1 Å². The quantitative estimate of drug-likeness (QED) is 0.731. The molecule has 2 aromatic carbocycles. The molecule has 21 heavy (non-hydrogen) atoms. The van der Waals surface area contributed by atoms with Crippen LogP contribution in [0.1, 0.15) is 0 Å². The number of benzene rings is 2. The average molecular weight is 298 g/mol. The fourth-order valence-corrected chi connectivity index (χ4v) is 2.17. The normalized spacial score (nSPS) is 10.5. The molecule has 1 aromatic heterocycles. The Morgan fingerprint density at radius 2 is 1.71 bits per heavy atom. The van der Waals surface area contributed by atoms with E-state index in [1.54, 1.807) is 36.4 Å². The lowest BCUT2D eigenvalue weighted by Gasteiger charge is -2.09. The fourth-order valence-electron chi connectivity index (χ4n) is 2.08. The minimum atomic E-state index is -0.727. The second kappa shape index (κ2) is 5.38. The number of rotatable bonds is 2. The van der Waals surface area contributed by atoms with Gasteiger partial charge in [-0.25, -0.2) is 0 Å². The molecule has 0 aliphatic rings. The fraction of sp³-hybridized carbons (Fsp3) is 0. The molecule has 0 fully saturated rings. The summed E-state index contributed by atoms with van der Waals surface area (Å²) in [6.45, 7) is 0. The molecule has 0 aliphatic heterocycles. The molecule has 0 aliphatic carbocycles. The Morgan fingerprint density at radius 3 is 2.43 bits per heavy atom. The van der Waals surface area contributed by atoms with Crippen LogP contribution < -0.4 is 10.2 Å². The minimum absolute atomic E-state index is 0.118. The molecule has 1 N–H and O–H groups in total. The highest BCUT2D eigenvalue weighted by atomic mass is 32.1. The van der Waals surface area contributed by atoms with Crippen molar-refractivity contribution in [1.29, 1.82) is 0 Å². The Labute approximate surface area is 125 Å². The summed E-state index contributed by atoms with van der Waals surface area (Å²) in [5, 5.41) is 8.84. The Bertz CT molecular complexity index is 868. The van der Waals surface area contributed by atoms with Crippen molar-refractivity contribution in [2.24, 2.45) is 0 Å². The maximum atomic E-state index is 12.5. The summed E-state index contributed by atoms with van der Waals surface area (Å²) in [5.41, 5.74) is 0.719. The van der Waals surface area contributed by atoms with Crippen molar-refractivity contribution in [3.05, 3.63) is 64.8 Å². The van der Waals surface area contributed by atoms with Gasteiger partial charge in [0.05, 0.1) is 5.39 Å². The van der Waals surface area contributed by atoms with Crippen LogP contribution in [0.5, 0.6) is 5.75 Å². The van der Waals surface area contributed by atoms with E-state index in [4.69, 9.17) is 9.15 Å². The summed E-state index contributed by atoms with van der Waals surface area (Å²) in [4.78, 5) is 12.5. The van der Waals surface area contributed by atoms with E-state index in [0.29, 0.717) is 16.5 Å². The maximum Gasteiger partial charge on any atom is 0.355 e. The average Bonchev–Trinajstić information content (AvgIpc) is 2.50. The van der Waals surface area contributed by atoms with Gasteiger partial charge in [-0.3, -0.25) is 4.79 Å². The van der Waals surface area contributed by atoms with Gasteiger partial charge < -0.3 is 14.3 Å². The Morgan fingerprint density at radius 1 is 1.05 bits per heavy atom. The van der Waals surface area contributed by atoms with E-state index in [2.05, 4.69) is 12.2 Å². The molecule has 104 valence electrons. The zero-order chi connectivity index (χ0) is 14.8. The maximum absolute atomic E-state index is 12.5. The molecule has 0 amide bonds. The van der Waals surface area contributed by atoms with Crippen LogP contribution in [-0.2, 0) is 0 Å². The van der Waals surface area contributed by atoms with Gasteiger partial charge in [-0.1, -0.05) is 42.5 Å². The predicted octanol–water partition coefficient (Wildman–Crippen LogP) is 3.68. The molecule has 1 heterocycles. The highest BCUT2D eigenvalue weighted by Gasteiger charge is 2.18. The van der Waals surface area contributed by atoms with Gasteiger partial charge in [0.15, 0.2) is 5.76 Å². The number of thiocarbonyl (C=S) groups is 1. The second-order valence-electron chi connectivity index (χ2n) is 4.32. The molecule has 0 bridgehead atoms. The van der Waals surface area contributed by atoms with Crippen molar-refractivity contribution in [1.82, 2.24) is 0 Å². The molecular formula is C16H10O4S. The first kappa shape index (κ1) is 13.3. The summed E-state index contributed by atoms with van der Waals surface area (Å²) in [6, 6.07) is 15.9. The van der Waals surface area contributed by atoms with Crippen LogP contribution in [-0.4, -0.2) is 10.3 Å². The lowest BCUT2D eigenvalue weighted by atomic mass is 10.1. The van der Waals surface area contributed by atoms with E-state index < -0.39 is 5.24 Å². The molecule has 3 aromatic rings. The Kier molecular flexibility index (Phi) is 3.41. The summed E-state index contributed by atoms with van der Waals surface area (Å²) in [7, 11) is 0. The van der Waals surface area contributed by atoms with Crippen LogP contribution in [0.3, 0.4) is 0 Å². The smallest absolute Gasteiger partial charge is 0.355 e. The van der Waals surface area contributed by atoms with E-state index in [1.165, 1.54) is 0 Å². The van der Waals surface area contributed by atoms with E-state index in [9.17, 15) is 9.90 Å². The van der Waals surface area contributed by atoms with Gasteiger partial charge in [-0.2, -0.15) is 0 Å². The van der Waals surface area contributed by atoms with Gasteiger partial charge in [-0.05, 0) is 12.1 Å². The standard InChI is InChI=1S/C16H10O4S/c17-13-11-8-4-5-9-12(11)19-14(15(13)20-16(18)21)10-6-2-1-3-7-10/h1-9H,(H,18,21). The SMILES string of the molecule is O=c1c(OC(O)=S)c(-c2ccccc2)oc2ccccc12. The number of aliphatic hydroxyl groups excluding tert-OH is 1. The summed E-state index contributed by atoms with van der Waals surface area (Å²) in [6.07, 6.45) is 0. The van der Waals surface area contributed by atoms with Crippen molar-refractivity contribution in [2.75, 3.05) is 0 Å². The van der Waals surface area contributed by atoms with Crippen molar-refractivity contribution in [3.63, 3.8) is 0 Å². The number of para-hydroxylation sites is 1. The highest BCUT2D eigenvalue weighted by molar-refractivity contribution is 7.79. The Hall–Kier alpha value is -2.66. The molecule has 0 spiro atoms.